The van der Waals surface area contributed by atoms with E-state index in [0.717, 1.165) is 19.3 Å². The molecule has 1 aliphatic heterocycles. The van der Waals surface area contributed by atoms with Gasteiger partial charge >= 0.3 is 5.97 Å². The topological polar surface area (TPSA) is 96.3 Å². The van der Waals surface area contributed by atoms with Gasteiger partial charge in [0, 0.05) is 18.0 Å². The summed E-state index contributed by atoms with van der Waals surface area (Å²) in [5.74, 6) is -0.685. The monoisotopic (exact) mass is 349 g/mol. The highest BCUT2D eigenvalue weighted by molar-refractivity contribution is 5.94. The van der Waals surface area contributed by atoms with E-state index in [1.165, 1.54) is 0 Å². The molecule has 0 bridgehead atoms. The van der Waals surface area contributed by atoms with E-state index in [0.29, 0.717) is 31.1 Å². The van der Waals surface area contributed by atoms with E-state index < -0.39 is 12.6 Å². The molecule has 0 aromatic heterocycles. The Labute approximate surface area is 146 Å². The summed E-state index contributed by atoms with van der Waals surface area (Å²) in [7, 11) is 0. The van der Waals surface area contributed by atoms with Crippen LogP contribution in [0.25, 0.3) is 0 Å². The van der Waals surface area contributed by atoms with Gasteiger partial charge in [-0.3, -0.25) is 4.79 Å². The maximum Gasteiger partial charge on any atom is 0.341 e. The van der Waals surface area contributed by atoms with Gasteiger partial charge < -0.3 is 24.6 Å². The number of nitrogens with zero attached hydrogens (tertiary/aromatic N) is 1. The molecule has 1 amide bonds. The van der Waals surface area contributed by atoms with Crippen molar-refractivity contribution >= 4 is 11.9 Å². The molecular weight excluding hydrogens is 326 g/mol. The fraction of sp³-hybridized carbons (Fsp3) is 0.556. The molecule has 3 atom stereocenters. The predicted molar refractivity (Wildman–Crippen MR) is 88.6 cm³/mol. The number of aliphatic carboxylic acids is 1. The molecule has 2 N–H and O–H groups in total. The lowest BCUT2D eigenvalue weighted by molar-refractivity contribution is -0.139. The zero-order valence-electron chi connectivity index (χ0n) is 14.0. The first-order valence-corrected chi connectivity index (χ1v) is 8.57. The Hall–Kier alpha value is -2.12. The number of hydrogen-bond acceptors (Lipinski definition) is 5. The van der Waals surface area contributed by atoms with Crippen molar-refractivity contribution in [1.82, 2.24) is 4.90 Å². The molecule has 7 nitrogen and oxygen atoms in total. The van der Waals surface area contributed by atoms with Crippen LogP contribution in [-0.4, -0.2) is 65.5 Å². The Morgan fingerprint density at radius 2 is 2.00 bits per heavy atom. The number of morpholine rings is 1. The third-order valence-electron chi connectivity index (χ3n) is 4.92. The van der Waals surface area contributed by atoms with Crippen LogP contribution in [0.5, 0.6) is 5.75 Å². The second-order valence-corrected chi connectivity index (χ2v) is 6.51. The Bertz CT molecular complexity index is 616. The van der Waals surface area contributed by atoms with Gasteiger partial charge in [-0.1, -0.05) is 6.42 Å². The zero-order valence-corrected chi connectivity index (χ0v) is 14.0. The summed E-state index contributed by atoms with van der Waals surface area (Å²) in [6.07, 6.45) is 2.27. The van der Waals surface area contributed by atoms with Crippen LogP contribution in [0.3, 0.4) is 0 Å². The quantitative estimate of drug-likeness (QED) is 0.828. The minimum Gasteiger partial charge on any atom is -0.482 e. The van der Waals surface area contributed by atoms with Crippen molar-refractivity contribution in [1.29, 1.82) is 0 Å². The lowest BCUT2D eigenvalue weighted by Crippen LogP contribution is -2.53. The fourth-order valence-electron chi connectivity index (χ4n) is 3.65. The van der Waals surface area contributed by atoms with E-state index in [4.69, 9.17) is 14.6 Å². The summed E-state index contributed by atoms with van der Waals surface area (Å²) < 4.78 is 10.6. The average molecular weight is 349 g/mol. The lowest BCUT2D eigenvalue weighted by atomic mass is 9.93. The van der Waals surface area contributed by atoms with Gasteiger partial charge in [-0.2, -0.15) is 0 Å². The van der Waals surface area contributed by atoms with Crippen molar-refractivity contribution in [2.45, 2.75) is 31.4 Å². The maximum absolute atomic E-state index is 12.9. The number of carbonyl (C=O) groups excluding carboxylic acids is 1. The fourth-order valence-corrected chi connectivity index (χ4v) is 3.65. The van der Waals surface area contributed by atoms with Crippen molar-refractivity contribution in [2.24, 2.45) is 5.92 Å². The molecule has 136 valence electrons. The summed E-state index contributed by atoms with van der Waals surface area (Å²) in [5.41, 5.74) is 0.516. The second-order valence-electron chi connectivity index (χ2n) is 6.51. The molecule has 1 heterocycles. The Balaban J connectivity index is 1.70. The lowest BCUT2D eigenvalue weighted by Gasteiger charge is -2.40. The summed E-state index contributed by atoms with van der Waals surface area (Å²) in [4.78, 5) is 25.2. The first-order valence-electron chi connectivity index (χ1n) is 8.57. The first-order chi connectivity index (χ1) is 12.1. The summed E-state index contributed by atoms with van der Waals surface area (Å²) in [6.45, 7) is 1.03. The molecule has 1 aromatic carbocycles. The van der Waals surface area contributed by atoms with Gasteiger partial charge in [-0.25, -0.2) is 4.79 Å². The Kier molecular flexibility index (Phi) is 5.55. The molecule has 25 heavy (non-hydrogen) atoms. The van der Waals surface area contributed by atoms with Crippen LogP contribution in [-0.2, 0) is 9.53 Å². The number of amides is 1. The molecule has 3 rings (SSSR count). The normalized spacial score (nSPS) is 26.4. The van der Waals surface area contributed by atoms with Crippen molar-refractivity contribution in [3.8, 4) is 5.75 Å². The van der Waals surface area contributed by atoms with E-state index in [9.17, 15) is 14.7 Å². The predicted octanol–water partition coefficient (Wildman–Crippen LogP) is 1.15. The van der Waals surface area contributed by atoms with Gasteiger partial charge in [0.25, 0.3) is 5.91 Å². The largest absolute Gasteiger partial charge is 0.482 e. The molecule has 1 aliphatic carbocycles. The highest BCUT2D eigenvalue weighted by Crippen LogP contribution is 2.33. The van der Waals surface area contributed by atoms with E-state index in [2.05, 4.69) is 0 Å². The first kappa shape index (κ1) is 17.7. The van der Waals surface area contributed by atoms with Crippen LogP contribution >= 0.6 is 0 Å². The van der Waals surface area contributed by atoms with E-state index in [-0.39, 0.29) is 24.0 Å². The van der Waals surface area contributed by atoms with Crippen LogP contribution in [0.15, 0.2) is 24.3 Å². The molecule has 0 spiro atoms. The summed E-state index contributed by atoms with van der Waals surface area (Å²) >= 11 is 0. The molecule has 2 aliphatic rings. The van der Waals surface area contributed by atoms with Crippen LogP contribution in [0.4, 0.5) is 0 Å². The van der Waals surface area contributed by atoms with E-state index >= 15 is 0 Å². The molecule has 3 unspecified atom stereocenters. The molecule has 7 heteroatoms. The van der Waals surface area contributed by atoms with Crippen molar-refractivity contribution in [3.63, 3.8) is 0 Å². The standard InChI is InChI=1S/C18H23NO6/c20-16-3-1-2-14(16)15-10-24-9-8-19(15)18(23)12-4-6-13(7-5-12)25-11-17(21)22/h4-7,14-16,20H,1-3,8-11H2,(H,21,22). The molecule has 2 fully saturated rings. The number of aliphatic hydroxyl groups excluding tert-OH is 1. The van der Waals surface area contributed by atoms with Crippen molar-refractivity contribution in [3.05, 3.63) is 29.8 Å². The molecule has 1 aromatic rings. The smallest absolute Gasteiger partial charge is 0.341 e. The number of hydrogen-bond donors (Lipinski definition) is 2. The van der Waals surface area contributed by atoms with Gasteiger partial charge in [0.15, 0.2) is 6.61 Å². The van der Waals surface area contributed by atoms with E-state index in [1.807, 2.05) is 0 Å². The summed E-state index contributed by atoms with van der Waals surface area (Å²) in [6, 6.07) is 6.35. The number of benzene rings is 1. The molecule has 1 saturated carbocycles. The Morgan fingerprint density at radius 1 is 1.24 bits per heavy atom. The average Bonchev–Trinajstić information content (AvgIpc) is 3.05. The number of rotatable bonds is 5. The molecule has 1 saturated heterocycles. The number of carbonyl (C=O) groups is 2. The third-order valence-corrected chi connectivity index (χ3v) is 4.92. The van der Waals surface area contributed by atoms with Crippen molar-refractivity contribution in [2.75, 3.05) is 26.4 Å². The van der Waals surface area contributed by atoms with Gasteiger partial charge in [-0.05, 0) is 37.1 Å². The molecule has 0 radical (unpaired) electrons. The third kappa shape index (κ3) is 4.11. The van der Waals surface area contributed by atoms with Crippen molar-refractivity contribution < 1.29 is 29.3 Å². The number of ether oxygens (including phenoxy) is 2. The van der Waals surface area contributed by atoms with Crippen LogP contribution in [0.1, 0.15) is 29.6 Å². The minimum atomic E-state index is -1.05. The minimum absolute atomic E-state index is 0.0578. The maximum atomic E-state index is 12.9. The highest BCUT2D eigenvalue weighted by atomic mass is 16.5. The van der Waals surface area contributed by atoms with Gasteiger partial charge in [0.2, 0.25) is 0 Å². The SMILES string of the molecule is O=C(O)COc1ccc(C(=O)N2CCOCC2C2CCCC2O)cc1. The van der Waals surface area contributed by atoms with E-state index in [1.54, 1.807) is 29.2 Å². The zero-order chi connectivity index (χ0) is 17.8. The highest BCUT2D eigenvalue weighted by Gasteiger charge is 2.39. The van der Waals surface area contributed by atoms with Gasteiger partial charge in [0.05, 0.1) is 25.4 Å². The summed E-state index contributed by atoms with van der Waals surface area (Å²) in [5, 5.41) is 18.8. The number of carboxylic acid groups (broad SMARTS) is 1. The number of aliphatic hydroxyl groups is 1. The molecular formula is C18H23NO6. The van der Waals surface area contributed by atoms with Crippen LogP contribution in [0, 0.1) is 5.92 Å². The second kappa shape index (κ2) is 7.84. The van der Waals surface area contributed by atoms with Crippen LogP contribution < -0.4 is 4.74 Å². The van der Waals surface area contributed by atoms with Gasteiger partial charge in [0.1, 0.15) is 5.75 Å². The van der Waals surface area contributed by atoms with Crippen LogP contribution in [0.2, 0.25) is 0 Å². The Morgan fingerprint density at radius 3 is 2.64 bits per heavy atom. The number of carboxylic acids is 1. The van der Waals surface area contributed by atoms with Gasteiger partial charge in [-0.15, -0.1) is 0 Å².